The molecule has 30 heavy (non-hydrogen) atoms. The molecule has 1 amide bonds. The van der Waals surface area contributed by atoms with Gasteiger partial charge in [-0.15, -0.1) is 0 Å². The summed E-state index contributed by atoms with van der Waals surface area (Å²) in [4.78, 5) is 20.6. The lowest BCUT2D eigenvalue weighted by molar-refractivity contribution is -0.144. The molecular weight excluding hydrogens is 395 g/mol. The van der Waals surface area contributed by atoms with E-state index < -0.39 is 12.7 Å². The summed E-state index contributed by atoms with van der Waals surface area (Å²) in [6.07, 6.45) is 0.370. The molecule has 9 heteroatoms. The standard InChI is InChI=1S/C21H22F3N5O/c1-27-9-16(8-26-27)20-18-5-15-10-29(17-2-3-28(11-17)12-21(22,23)24)19(30)6-13(15)4-14(18)7-25-20/h4-5,8-9,17H,2-3,6-7,10-12H2,1H3/t17-/m1/s1. The number of alkyl halides is 3. The van der Waals surface area contributed by atoms with Crippen molar-refractivity contribution in [3.05, 3.63) is 52.3 Å². The summed E-state index contributed by atoms with van der Waals surface area (Å²) in [5.41, 5.74) is 6.08. The summed E-state index contributed by atoms with van der Waals surface area (Å²) in [7, 11) is 1.86. The number of fused-ring (bicyclic) bond motifs is 2. The molecule has 0 radical (unpaired) electrons. The highest BCUT2D eigenvalue weighted by atomic mass is 19.4. The van der Waals surface area contributed by atoms with E-state index in [0.717, 1.165) is 33.5 Å². The maximum Gasteiger partial charge on any atom is 0.401 e. The highest BCUT2D eigenvalue weighted by Gasteiger charge is 2.38. The summed E-state index contributed by atoms with van der Waals surface area (Å²) in [6.45, 7) is 0.739. The van der Waals surface area contributed by atoms with Crippen molar-refractivity contribution in [1.82, 2.24) is 19.6 Å². The van der Waals surface area contributed by atoms with Crippen molar-refractivity contribution in [3.8, 4) is 0 Å². The summed E-state index contributed by atoms with van der Waals surface area (Å²) >= 11 is 0. The van der Waals surface area contributed by atoms with E-state index in [1.165, 1.54) is 4.90 Å². The van der Waals surface area contributed by atoms with Crippen molar-refractivity contribution in [1.29, 1.82) is 0 Å². The molecule has 0 bridgehead atoms. The third kappa shape index (κ3) is 3.51. The molecule has 5 rings (SSSR count). The quantitative estimate of drug-likeness (QED) is 0.770. The van der Waals surface area contributed by atoms with Crippen LogP contribution in [-0.4, -0.2) is 63.1 Å². The monoisotopic (exact) mass is 417 g/mol. The van der Waals surface area contributed by atoms with Gasteiger partial charge in [0.15, 0.2) is 0 Å². The average Bonchev–Trinajstić information content (AvgIpc) is 3.38. The number of carbonyl (C=O) groups is 1. The predicted octanol–water partition coefficient (Wildman–Crippen LogP) is 2.29. The van der Waals surface area contributed by atoms with Crippen molar-refractivity contribution in [2.45, 2.75) is 38.1 Å². The topological polar surface area (TPSA) is 53.7 Å². The van der Waals surface area contributed by atoms with Gasteiger partial charge >= 0.3 is 6.18 Å². The number of halogens is 3. The lowest BCUT2D eigenvalue weighted by atomic mass is 9.91. The van der Waals surface area contributed by atoms with Crippen molar-refractivity contribution in [3.63, 3.8) is 0 Å². The van der Waals surface area contributed by atoms with Crippen molar-refractivity contribution in [2.24, 2.45) is 12.0 Å². The maximum absolute atomic E-state index is 12.8. The SMILES string of the molecule is Cn1cc(C2=NCc3cc4c(cc32)CN([C@@H]2CCN(CC(F)(F)F)C2)C(=O)C4)cn1. The molecule has 0 N–H and O–H groups in total. The van der Waals surface area contributed by atoms with Gasteiger partial charge in [-0.3, -0.25) is 19.4 Å². The number of rotatable bonds is 3. The largest absolute Gasteiger partial charge is 0.401 e. The van der Waals surface area contributed by atoms with Crippen molar-refractivity contribution in [2.75, 3.05) is 19.6 Å². The Morgan fingerprint density at radius 1 is 1.20 bits per heavy atom. The molecular formula is C21H22F3N5O. The average molecular weight is 417 g/mol. The Morgan fingerprint density at radius 3 is 2.77 bits per heavy atom. The first-order chi connectivity index (χ1) is 14.3. The van der Waals surface area contributed by atoms with Crippen LogP contribution in [0, 0.1) is 0 Å². The van der Waals surface area contributed by atoms with E-state index in [1.807, 2.05) is 13.2 Å². The molecule has 0 unspecified atom stereocenters. The zero-order chi connectivity index (χ0) is 21.0. The third-order valence-electron chi connectivity index (χ3n) is 6.16. The Bertz CT molecular complexity index is 1040. The summed E-state index contributed by atoms with van der Waals surface area (Å²) in [5.74, 6) is -0.00675. The highest BCUT2D eigenvalue weighted by Crippen LogP contribution is 2.32. The van der Waals surface area contributed by atoms with Crippen LogP contribution in [0.5, 0.6) is 0 Å². The van der Waals surface area contributed by atoms with E-state index in [2.05, 4.69) is 22.2 Å². The van der Waals surface area contributed by atoms with Crippen molar-refractivity contribution < 1.29 is 18.0 Å². The van der Waals surface area contributed by atoms with Gasteiger partial charge in [0.25, 0.3) is 0 Å². The molecule has 6 nitrogen and oxygen atoms in total. The van der Waals surface area contributed by atoms with Gasteiger partial charge in [-0.05, 0) is 29.2 Å². The van der Waals surface area contributed by atoms with Crippen molar-refractivity contribution >= 4 is 11.6 Å². The number of aromatic nitrogens is 2. The third-order valence-corrected chi connectivity index (χ3v) is 6.16. The summed E-state index contributed by atoms with van der Waals surface area (Å²) in [5, 5.41) is 4.23. The number of hydrogen-bond donors (Lipinski definition) is 0. The van der Waals surface area contributed by atoms with Gasteiger partial charge in [0.1, 0.15) is 0 Å². The van der Waals surface area contributed by atoms with E-state index >= 15 is 0 Å². The van der Waals surface area contributed by atoms with Crippen LogP contribution in [-0.2, 0) is 31.4 Å². The van der Waals surface area contributed by atoms with Crippen LogP contribution in [0.15, 0.2) is 29.5 Å². The highest BCUT2D eigenvalue weighted by molar-refractivity contribution is 6.15. The fourth-order valence-corrected chi connectivity index (χ4v) is 4.78. The molecule has 1 atom stereocenters. The van der Waals surface area contributed by atoms with Gasteiger partial charge in [-0.2, -0.15) is 18.3 Å². The molecule has 158 valence electrons. The number of aliphatic imine (C=N–C) groups is 1. The molecule has 0 spiro atoms. The lowest BCUT2D eigenvalue weighted by Gasteiger charge is -2.34. The van der Waals surface area contributed by atoms with E-state index in [4.69, 9.17) is 0 Å². The minimum Gasteiger partial charge on any atom is -0.334 e. The number of carbonyl (C=O) groups excluding carboxylic acids is 1. The smallest absolute Gasteiger partial charge is 0.334 e. The van der Waals surface area contributed by atoms with Crippen LogP contribution in [0.2, 0.25) is 0 Å². The van der Waals surface area contributed by atoms with E-state index in [-0.39, 0.29) is 18.5 Å². The number of hydrogen-bond acceptors (Lipinski definition) is 4. The zero-order valence-corrected chi connectivity index (χ0v) is 16.6. The first kappa shape index (κ1) is 19.3. The molecule has 1 aromatic heterocycles. The molecule has 0 saturated carbocycles. The molecule has 2 aromatic rings. The molecule has 1 fully saturated rings. The maximum atomic E-state index is 12.8. The first-order valence-corrected chi connectivity index (χ1v) is 10.0. The fraction of sp³-hybridized carbons (Fsp3) is 0.476. The second-order valence-electron chi connectivity index (χ2n) is 8.34. The van der Waals surface area contributed by atoms with Gasteiger partial charge in [0, 0.05) is 50.0 Å². The number of nitrogens with zero attached hydrogens (tertiary/aromatic N) is 5. The van der Waals surface area contributed by atoms with E-state index in [1.54, 1.807) is 15.8 Å². The van der Waals surface area contributed by atoms with Gasteiger partial charge < -0.3 is 4.90 Å². The Balaban J connectivity index is 1.37. The normalized spacial score (nSPS) is 21.7. The molecule has 4 heterocycles. The Hall–Kier alpha value is -2.68. The molecule has 0 aliphatic carbocycles. The second-order valence-corrected chi connectivity index (χ2v) is 8.34. The van der Waals surface area contributed by atoms with Crippen LogP contribution >= 0.6 is 0 Å². The van der Waals surface area contributed by atoms with Crippen LogP contribution in [0.1, 0.15) is 34.2 Å². The van der Waals surface area contributed by atoms with Crippen LogP contribution in [0.25, 0.3) is 0 Å². The van der Waals surface area contributed by atoms with E-state index in [0.29, 0.717) is 32.5 Å². The van der Waals surface area contributed by atoms with Gasteiger partial charge in [0.05, 0.1) is 31.4 Å². The predicted molar refractivity (Wildman–Crippen MR) is 104 cm³/mol. The van der Waals surface area contributed by atoms with Gasteiger partial charge in [-0.1, -0.05) is 6.07 Å². The summed E-state index contributed by atoms with van der Waals surface area (Å²) < 4.78 is 39.9. The minimum absolute atomic E-state index is 0.00675. The number of amides is 1. The van der Waals surface area contributed by atoms with Gasteiger partial charge in [0.2, 0.25) is 5.91 Å². The molecule has 3 aliphatic rings. The number of benzene rings is 1. The minimum atomic E-state index is -4.21. The molecule has 1 aromatic carbocycles. The molecule has 3 aliphatic heterocycles. The van der Waals surface area contributed by atoms with Crippen LogP contribution < -0.4 is 0 Å². The second kappa shape index (κ2) is 6.94. The lowest BCUT2D eigenvalue weighted by Crippen LogP contribution is -2.45. The fourth-order valence-electron chi connectivity index (χ4n) is 4.78. The van der Waals surface area contributed by atoms with E-state index in [9.17, 15) is 18.0 Å². The Labute approximate surface area is 172 Å². The van der Waals surface area contributed by atoms with Gasteiger partial charge in [-0.25, -0.2) is 0 Å². The Morgan fingerprint density at radius 2 is 2.03 bits per heavy atom. The first-order valence-electron chi connectivity index (χ1n) is 10.0. The van der Waals surface area contributed by atoms with Crippen LogP contribution in [0.4, 0.5) is 13.2 Å². The Kier molecular flexibility index (Phi) is 4.46. The number of aryl methyl sites for hydroxylation is 1. The molecule has 1 saturated heterocycles. The zero-order valence-electron chi connectivity index (χ0n) is 16.6. The number of likely N-dealkylation sites (tertiary alicyclic amines) is 1. The van der Waals surface area contributed by atoms with Crippen LogP contribution in [0.3, 0.4) is 0 Å². The summed E-state index contributed by atoms with van der Waals surface area (Å²) in [6, 6.07) is 4.00.